The molecule has 0 aromatic heterocycles. The number of nitrogens with one attached hydrogen (secondary N) is 2. The molecule has 0 radical (unpaired) electrons. The third-order valence-corrected chi connectivity index (χ3v) is 6.32. The fourth-order valence-corrected chi connectivity index (χ4v) is 4.14. The SMILES string of the molecule is CCOC(=O)CSc1ccc(NC(=O)/C(=C/c2cc(OC)c(OC)cc2OC)NC(=O)c2ccccc2)cc1. The summed E-state index contributed by atoms with van der Waals surface area (Å²) in [6, 6.07) is 18.8. The van der Waals surface area contributed by atoms with E-state index in [2.05, 4.69) is 10.6 Å². The number of thioether (sulfide) groups is 1. The van der Waals surface area contributed by atoms with Gasteiger partial charge in [-0.25, -0.2) is 0 Å². The van der Waals surface area contributed by atoms with E-state index < -0.39 is 11.8 Å². The molecule has 0 unspecified atom stereocenters. The van der Waals surface area contributed by atoms with E-state index in [4.69, 9.17) is 18.9 Å². The summed E-state index contributed by atoms with van der Waals surface area (Å²) < 4.78 is 21.2. The van der Waals surface area contributed by atoms with Crippen LogP contribution in [0.5, 0.6) is 17.2 Å². The number of amides is 2. The Kier molecular flexibility index (Phi) is 10.8. The predicted molar refractivity (Wildman–Crippen MR) is 150 cm³/mol. The maximum absolute atomic E-state index is 13.4. The van der Waals surface area contributed by atoms with Crippen LogP contribution in [-0.2, 0) is 14.3 Å². The van der Waals surface area contributed by atoms with Gasteiger partial charge >= 0.3 is 5.97 Å². The third kappa shape index (κ3) is 8.27. The highest BCUT2D eigenvalue weighted by molar-refractivity contribution is 8.00. The molecule has 0 heterocycles. The molecule has 2 N–H and O–H groups in total. The molecular formula is C29H30N2O7S. The lowest BCUT2D eigenvalue weighted by Crippen LogP contribution is -2.30. The summed E-state index contributed by atoms with van der Waals surface area (Å²) in [4.78, 5) is 38.8. The van der Waals surface area contributed by atoms with Crippen LogP contribution in [0.4, 0.5) is 5.69 Å². The van der Waals surface area contributed by atoms with Crippen LogP contribution in [-0.4, -0.2) is 51.5 Å². The zero-order valence-electron chi connectivity index (χ0n) is 22.1. The van der Waals surface area contributed by atoms with E-state index in [-0.39, 0.29) is 17.4 Å². The van der Waals surface area contributed by atoms with Gasteiger partial charge in [0.05, 0.1) is 33.7 Å². The van der Waals surface area contributed by atoms with Crippen molar-refractivity contribution in [3.05, 3.63) is 83.6 Å². The van der Waals surface area contributed by atoms with Crippen LogP contribution in [0.25, 0.3) is 6.08 Å². The molecule has 0 saturated carbocycles. The Morgan fingerprint density at radius 2 is 1.49 bits per heavy atom. The predicted octanol–water partition coefficient (Wildman–Crippen LogP) is 4.78. The van der Waals surface area contributed by atoms with Gasteiger partial charge in [-0.05, 0) is 55.5 Å². The molecule has 9 nitrogen and oxygen atoms in total. The Balaban J connectivity index is 1.88. The van der Waals surface area contributed by atoms with Crippen LogP contribution in [0, 0.1) is 0 Å². The topological polar surface area (TPSA) is 112 Å². The van der Waals surface area contributed by atoms with Gasteiger partial charge in [0.1, 0.15) is 11.4 Å². The van der Waals surface area contributed by atoms with Crippen molar-refractivity contribution in [2.45, 2.75) is 11.8 Å². The van der Waals surface area contributed by atoms with E-state index in [0.29, 0.717) is 40.7 Å². The summed E-state index contributed by atoms with van der Waals surface area (Å²) in [5.74, 6) is 0.168. The van der Waals surface area contributed by atoms with Gasteiger partial charge in [0.25, 0.3) is 11.8 Å². The van der Waals surface area contributed by atoms with Gasteiger partial charge in [-0.15, -0.1) is 11.8 Å². The van der Waals surface area contributed by atoms with E-state index in [1.54, 1.807) is 73.7 Å². The van der Waals surface area contributed by atoms with Crippen molar-refractivity contribution in [1.29, 1.82) is 0 Å². The van der Waals surface area contributed by atoms with Gasteiger partial charge in [-0.1, -0.05) is 18.2 Å². The Bertz CT molecular complexity index is 1330. The van der Waals surface area contributed by atoms with E-state index in [1.165, 1.54) is 39.2 Å². The number of hydrogen-bond donors (Lipinski definition) is 2. The quantitative estimate of drug-likeness (QED) is 0.188. The molecule has 10 heteroatoms. The first kappa shape index (κ1) is 29.1. The van der Waals surface area contributed by atoms with Gasteiger partial charge < -0.3 is 29.6 Å². The molecule has 204 valence electrons. The minimum atomic E-state index is -0.553. The Labute approximate surface area is 231 Å². The number of carbonyl (C=O) groups is 3. The molecule has 0 bridgehead atoms. The van der Waals surface area contributed by atoms with Gasteiger partial charge in [0.2, 0.25) is 0 Å². The van der Waals surface area contributed by atoms with E-state index in [1.807, 2.05) is 0 Å². The number of anilines is 1. The summed E-state index contributed by atoms with van der Waals surface area (Å²) in [6.07, 6.45) is 1.50. The molecule has 3 rings (SSSR count). The summed E-state index contributed by atoms with van der Waals surface area (Å²) in [5, 5.41) is 5.50. The fraction of sp³-hybridized carbons (Fsp3) is 0.207. The fourth-order valence-electron chi connectivity index (χ4n) is 3.44. The number of benzene rings is 3. The average Bonchev–Trinajstić information content (AvgIpc) is 2.96. The first-order chi connectivity index (χ1) is 18.9. The number of esters is 1. The molecule has 3 aromatic carbocycles. The highest BCUT2D eigenvalue weighted by Gasteiger charge is 2.18. The van der Waals surface area contributed by atoms with E-state index in [9.17, 15) is 14.4 Å². The first-order valence-electron chi connectivity index (χ1n) is 12.0. The smallest absolute Gasteiger partial charge is 0.316 e. The molecule has 0 atom stereocenters. The third-order valence-electron chi connectivity index (χ3n) is 5.34. The van der Waals surface area contributed by atoms with Crippen LogP contribution in [0.2, 0.25) is 0 Å². The Hall–Kier alpha value is -4.44. The number of hydrogen-bond acceptors (Lipinski definition) is 8. The second-order valence-corrected chi connectivity index (χ2v) is 8.95. The highest BCUT2D eigenvalue weighted by atomic mass is 32.2. The monoisotopic (exact) mass is 550 g/mol. The molecule has 0 fully saturated rings. The average molecular weight is 551 g/mol. The first-order valence-corrected chi connectivity index (χ1v) is 12.9. The van der Waals surface area contributed by atoms with E-state index >= 15 is 0 Å². The number of rotatable bonds is 12. The maximum atomic E-state index is 13.4. The van der Waals surface area contributed by atoms with Gasteiger partial charge in [-0.3, -0.25) is 14.4 Å². The summed E-state index contributed by atoms with van der Waals surface area (Å²) in [7, 11) is 4.49. The van der Waals surface area contributed by atoms with Crippen molar-refractivity contribution in [3.8, 4) is 17.2 Å². The van der Waals surface area contributed by atoms with Crippen molar-refractivity contribution in [3.63, 3.8) is 0 Å². The van der Waals surface area contributed by atoms with Crippen LogP contribution in [0.15, 0.2) is 77.3 Å². The Morgan fingerprint density at radius 3 is 2.10 bits per heavy atom. The van der Waals surface area contributed by atoms with Crippen molar-refractivity contribution < 1.29 is 33.3 Å². The maximum Gasteiger partial charge on any atom is 0.316 e. The van der Waals surface area contributed by atoms with Crippen LogP contribution in [0.3, 0.4) is 0 Å². The summed E-state index contributed by atoms with van der Waals surface area (Å²) >= 11 is 1.33. The number of ether oxygens (including phenoxy) is 4. The molecular weight excluding hydrogens is 520 g/mol. The van der Waals surface area contributed by atoms with Crippen molar-refractivity contribution in [1.82, 2.24) is 5.32 Å². The standard InChI is InChI=1S/C29H30N2O7S/c1-5-38-27(32)18-39-22-13-11-21(12-14-22)30-29(34)23(31-28(33)19-9-7-6-8-10-19)15-20-16-25(36-3)26(37-4)17-24(20)35-2/h6-17H,5,18H2,1-4H3,(H,30,34)(H,31,33)/b23-15-. The highest BCUT2D eigenvalue weighted by Crippen LogP contribution is 2.35. The largest absolute Gasteiger partial charge is 0.496 e. The molecule has 3 aromatic rings. The zero-order valence-corrected chi connectivity index (χ0v) is 22.9. The van der Waals surface area contributed by atoms with Crippen LogP contribution >= 0.6 is 11.8 Å². The molecule has 0 aliphatic heterocycles. The van der Waals surface area contributed by atoms with Gasteiger partial charge in [-0.2, -0.15) is 0 Å². The molecule has 2 amide bonds. The number of methoxy groups -OCH3 is 3. The molecule has 0 aliphatic rings. The van der Waals surface area contributed by atoms with Gasteiger partial charge in [0, 0.05) is 27.8 Å². The van der Waals surface area contributed by atoms with Gasteiger partial charge in [0.15, 0.2) is 11.5 Å². The second kappa shape index (κ2) is 14.5. The summed E-state index contributed by atoms with van der Waals surface area (Å²) in [6.45, 7) is 2.09. The second-order valence-electron chi connectivity index (χ2n) is 7.90. The lowest BCUT2D eigenvalue weighted by atomic mass is 10.1. The molecule has 39 heavy (non-hydrogen) atoms. The number of carbonyl (C=O) groups excluding carboxylic acids is 3. The molecule has 0 saturated heterocycles. The summed E-state index contributed by atoms with van der Waals surface area (Å²) in [5.41, 5.74) is 1.35. The zero-order chi connectivity index (χ0) is 28.2. The van der Waals surface area contributed by atoms with Crippen molar-refractivity contribution in [2.24, 2.45) is 0 Å². The van der Waals surface area contributed by atoms with E-state index in [0.717, 1.165) is 4.90 Å². The minimum Gasteiger partial charge on any atom is -0.496 e. The lowest BCUT2D eigenvalue weighted by Gasteiger charge is -2.15. The van der Waals surface area contributed by atoms with Crippen LogP contribution in [0.1, 0.15) is 22.8 Å². The normalized spacial score (nSPS) is 10.8. The molecule has 0 spiro atoms. The van der Waals surface area contributed by atoms with Crippen molar-refractivity contribution >= 4 is 41.3 Å². The lowest BCUT2D eigenvalue weighted by molar-refractivity contribution is -0.139. The van der Waals surface area contributed by atoms with Crippen molar-refractivity contribution in [2.75, 3.05) is 39.0 Å². The Morgan fingerprint density at radius 1 is 0.846 bits per heavy atom. The molecule has 0 aliphatic carbocycles. The minimum absolute atomic E-state index is 0.0184. The van der Waals surface area contributed by atoms with Crippen LogP contribution < -0.4 is 24.8 Å².